The topological polar surface area (TPSA) is 78.3 Å². The molecule has 140 valence electrons. The van der Waals surface area contributed by atoms with Gasteiger partial charge in [0.25, 0.3) is 5.91 Å². The first kappa shape index (κ1) is 18.4. The lowest BCUT2D eigenvalue weighted by Gasteiger charge is -2.09. The Balaban J connectivity index is 1.51. The van der Waals surface area contributed by atoms with Crippen molar-refractivity contribution in [2.75, 3.05) is 20.3 Å². The number of benzene rings is 1. The smallest absolute Gasteiger partial charge is 0.314 e. The summed E-state index contributed by atoms with van der Waals surface area (Å²) in [5, 5.41) is 7.29. The minimum atomic E-state index is -0.0770. The van der Waals surface area contributed by atoms with E-state index in [2.05, 4.69) is 15.4 Å². The first-order valence-corrected chi connectivity index (χ1v) is 9.12. The van der Waals surface area contributed by atoms with Gasteiger partial charge >= 0.3 is 6.01 Å². The van der Waals surface area contributed by atoms with Gasteiger partial charge in [0.2, 0.25) is 0 Å². The third kappa shape index (κ3) is 4.60. The van der Waals surface area contributed by atoms with Crippen molar-refractivity contribution < 1.29 is 14.3 Å². The summed E-state index contributed by atoms with van der Waals surface area (Å²) in [4.78, 5) is 16.7. The zero-order valence-electron chi connectivity index (χ0n) is 15.4. The van der Waals surface area contributed by atoms with E-state index in [0.29, 0.717) is 30.0 Å². The van der Waals surface area contributed by atoms with Crippen molar-refractivity contribution in [1.29, 1.82) is 0 Å². The van der Waals surface area contributed by atoms with Crippen molar-refractivity contribution in [3.05, 3.63) is 29.8 Å². The van der Waals surface area contributed by atoms with Crippen LogP contribution in [0.3, 0.4) is 0 Å². The van der Waals surface area contributed by atoms with Gasteiger partial charge in [-0.05, 0) is 44.2 Å². The second-order valence-electron chi connectivity index (χ2n) is 6.51. The summed E-state index contributed by atoms with van der Waals surface area (Å²) in [5.41, 5.74) is 1.39. The summed E-state index contributed by atoms with van der Waals surface area (Å²) >= 11 is 0. The molecule has 1 fully saturated rings. The summed E-state index contributed by atoms with van der Waals surface area (Å²) in [6, 6.07) is 7.75. The van der Waals surface area contributed by atoms with Crippen LogP contribution in [-0.2, 0) is 11.8 Å². The summed E-state index contributed by atoms with van der Waals surface area (Å²) in [6.07, 6.45) is 5.89. The van der Waals surface area contributed by atoms with E-state index in [0.717, 1.165) is 31.4 Å². The molecule has 1 aromatic heterocycles. The molecule has 1 aliphatic rings. The number of unbranched alkanes of at least 4 members (excludes halogenated alkanes) is 1. The Morgan fingerprint density at radius 2 is 2.31 bits per heavy atom. The quantitative estimate of drug-likeness (QED) is 0.734. The molecule has 1 N–H and O–H groups in total. The normalized spacial score (nSPS) is 16.6. The predicted octanol–water partition coefficient (Wildman–Crippen LogP) is 2.57. The predicted molar refractivity (Wildman–Crippen MR) is 98.1 cm³/mol. The average molecular weight is 358 g/mol. The Bertz CT molecular complexity index is 738. The molecule has 0 radical (unpaired) electrons. The van der Waals surface area contributed by atoms with Crippen molar-refractivity contribution in [3.8, 4) is 17.4 Å². The highest BCUT2D eigenvalue weighted by Crippen LogP contribution is 2.20. The SMILES string of the molecule is COc1nc(-c2cccc(C(=O)NCCCC[C@H]3CCCO3)c2)nn1C. The highest BCUT2D eigenvalue weighted by Gasteiger charge is 2.15. The first-order valence-electron chi connectivity index (χ1n) is 9.12. The first-order chi connectivity index (χ1) is 12.7. The van der Waals surface area contributed by atoms with Gasteiger partial charge in [-0.25, -0.2) is 4.68 Å². The van der Waals surface area contributed by atoms with Gasteiger partial charge in [0, 0.05) is 31.3 Å². The molecule has 1 saturated heterocycles. The van der Waals surface area contributed by atoms with E-state index in [9.17, 15) is 4.79 Å². The number of aromatic nitrogens is 3. The van der Waals surface area contributed by atoms with Crippen LogP contribution in [0.4, 0.5) is 0 Å². The molecule has 0 aliphatic carbocycles. The van der Waals surface area contributed by atoms with Gasteiger partial charge in [-0.3, -0.25) is 4.79 Å². The molecule has 0 spiro atoms. The van der Waals surface area contributed by atoms with Crippen LogP contribution in [0, 0.1) is 0 Å². The van der Waals surface area contributed by atoms with Crippen LogP contribution in [0.5, 0.6) is 6.01 Å². The summed E-state index contributed by atoms with van der Waals surface area (Å²) in [7, 11) is 3.32. The molecule has 2 heterocycles. The fourth-order valence-electron chi connectivity index (χ4n) is 3.14. The van der Waals surface area contributed by atoms with Gasteiger partial charge < -0.3 is 14.8 Å². The van der Waals surface area contributed by atoms with Crippen molar-refractivity contribution >= 4 is 5.91 Å². The lowest BCUT2D eigenvalue weighted by Crippen LogP contribution is -2.24. The second kappa shape index (κ2) is 8.80. The fourth-order valence-corrected chi connectivity index (χ4v) is 3.14. The lowest BCUT2D eigenvalue weighted by atomic mass is 10.1. The molecule has 26 heavy (non-hydrogen) atoms. The number of carbonyl (C=O) groups excluding carboxylic acids is 1. The standard InChI is InChI=1S/C19H26N4O3/c1-23-19(25-2)21-17(22-23)14-7-5-8-15(13-14)18(24)20-11-4-3-9-16-10-6-12-26-16/h5,7-8,13,16H,3-4,6,9-12H2,1-2H3,(H,20,24)/t16-/m0/s1. The maximum Gasteiger partial charge on any atom is 0.314 e. The number of ether oxygens (including phenoxy) is 2. The number of hydrogen-bond acceptors (Lipinski definition) is 5. The molecule has 1 atom stereocenters. The largest absolute Gasteiger partial charge is 0.467 e. The highest BCUT2D eigenvalue weighted by atomic mass is 16.5. The van der Waals surface area contributed by atoms with Crippen molar-refractivity contribution in [1.82, 2.24) is 20.1 Å². The maximum absolute atomic E-state index is 12.4. The highest BCUT2D eigenvalue weighted by molar-refractivity contribution is 5.95. The third-order valence-electron chi connectivity index (χ3n) is 4.55. The van der Waals surface area contributed by atoms with Crippen LogP contribution in [0.15, 0.2) is 24.3 Å². The van der Waals surface area contributed by atoms with Crippen molar-refractivity contribution in [3.63, 3.8) is 0 Å². The van der Waals surface area contributed by atoms with Crippen LogP contribution in [0.25, 0.3) is 11.4 Å². The van der Waals surface area contributed by atoms with E-state index in [1.54, 1.807) is 31.0 Å². The van der Waals surface area contributed by atoms with Crippen LogP contribution < -0.4 is 10.1 Å². The summed E-state index contributed by atoms with van der Waals surface area (Å²) in [6.45, 7) is 1.57. The summed E-state index contributed by atoms with van der Waals surface area (Å²) < 4.78 is 12.3. The number of nitrogens with zero attached hydrogens (tertiary/aromatic N) is 3. The molecule has 0 saturated carbocycles. The summed E-state index contributed by atoms with van der Waals surface area (Å²) in [5.74, 6) is 0.461. The Morgan fingerprint density at radius 1 is 1.42 bits per heavy atom. The average Bonchev–Trinajstić information content (AvgIpc) is 3.30. The number of methoxy groups -OCH3 is 1. The van der Waals surface area contributed by atoms with Crippen molar-refractivity contribution in [2.24, 2.45) is 7.05 Å². The zero-order chi connectivity index (χ0) is 18.4. The molecule has 3 rings (SSSR count). The van der Waals surface area contributed by atoms with Gasteiger partial charge in [0.15, 0.2) is 5.82 Å². The van der Waals surface area contributed by atoms with E-state index in [1.807, 2.05) is 12.1 Å². The zero-order valence-corrected chi connectivity index (χ0v) is 15.4. The lowest BCUT2D eigenvalue weighted by molar-refractivity contribution is 0.0947. The number of aryl methyl sites for hydroxylation is 1. The number of carbonyl (C=O) groups is 1. The van der Waals surface area contributed by atoms with E-state index in [-0.39, 0.29) is 5.91 Å². The number of rotatable bonds is 8. The molecule has 0 unspecified atom stereocenters. The molecular weight excluding hydrogens is 332 g/mol. The number of amides is 1. The monoisotopic (exact) mass is 358 g/mol. The van der Waals surface area contributed by atoms with Gasteiger partial charge in [-0.2, -0.15) is 4.98 Å². The van der Waals surface area contributed by atoms with Crippen LogP contribution in [0.2, 0.25) is 0 Å². The molecule has 1 amide bonds. The van der Waals surface area contributed by atoms with Crippen LogP contribution in [0.1, 0.15) is 42.5 Å². The third-order valence-corrected chi connectivity index (χ3v) is 4.55. The molecule has 7 nitrogen and oxygen atoms in total. The molecule has 7 heteroatoms. The van der Waals surface area contributed by atoms with E-state index >= 15 is 0 Å². The fraction of sp³-hybridized carbons (Fsp3) is 0.526. The molecule has 0 bridgehead atoms. The molecular formula is C19H26N4O3. The second-order valence-corrected chi connectivity index (χ2v) is 6.51. The van der Waals surface area contributed by atoms with Crippen LogP contribution in [-0.4, -0.2) is 47.0 Å². The van der Waals surface area contributed by atoms with Gasteiger partial charge in [-0.1, -0.05) is 12.1 Å². The van der Waals surface area contributed by atoms with Crippen molar-refractivity contribution in [2.45, 2.75) is 38.2 Å². The van der Waals surface area contributed by atoms with E-state index in [4.69, 9.17) is 9.47 Å². The Labute approximate surface area is 153 Å². The van der Waals surface area contributed by atoms with Gasteiger partial charge in [-0.15, -0.1) is 5.10 Å². The Kier molecular flexibility index (Phi) is 6.22. The number of hydrogen-bond donors (Lipinski definition) is 1. The minimum absolute atomic E-state index is 0.0770. The minimum Gasteiger partial charge on any atom is -0.467 e. The van der Waals surface area contributed by atoms with Gasteiger partial charge in [0.1, 0.15) is 0 Å². The van der Waals surface area contributed by atoms with E-state index in [1.165, 1.54) is 12.8 Å². The van der Waals surface area contributed by atoms with Gasteiger partial charge in [0.05, 0.1) is 13.2 Å². The van der Waals surface area contributed by atoms with E-state index < -0.39 is 0 Å². The van der Waals surface area contributed by atoms with Crippen LogP contribution >= 0.6 is 0 Å². The Hall–Kier alpha value is -2.41. The number of nitrogens with one attached hydrogen (secondary N) is 1. The molecule has 1 aliphatic heterocycles. The maximum atomic E-state index is 12.4. The molecule has 1 aromatic carbocycles. The molecule has 2 aromatic rings. The Morgan fingerprint density at radius 3 is 3.04 bits per heavy atom.